The van der Waals surface area contributed by atoms with Gasteiger partial charge in [0, 0.05) is 0 Å². The van der Waals surface area contributed by atoms with Crippen molar-refractivity contribution in [3.8, 4) is 11.5 Å². The Morgan fingerprint density at radius 3 is 2.25 bits per heavy atom. The second-order valence-electron chi connectivity index (χ2n) is 4.80. The number of hydrogen-bond donors (Lipinski definition) is 1. The summed E-state index contributed by atoms with van der Waals surface area (Å²) < 4.78 is 33.2. The van der Waals surface area contributed by atoms with Gasteiger partial charge in [0.15, 0.2) is 17.4 Å². The molecule has 0 heterocycles. The Bertz CT molecular complexity index is 603. The number of aryl methyl sites for hydroxylation is 2. The van der Waals surface area contributed by atoms with E-state index in [9.17, 15) is 8.78 Å². The van der Waals surface area contributed by atoms with Crippen molar-refractivity contribution in [3.63, 3.8) is 0 Å². The third-order valence-corrected chi connectivity index (χ3v) is 3.03. The highest BCUT2D eigenvalue weighted by atomic mass is 19.1. The van der Waals surface area contributed by atoms with Crippen LogP contribution >= 0.6 is 0 Å². The van der Waals surface area contributed by atoms with Crippen molar-refractivity contribution in [2.45, 2.75) is 20.3 Å². The van der Waals surface area contributed by atoms with Gasteiger partial charge in [-0.15, -0.1) is 0 Å². The van der Waals surface area contributed by atoms with Crippen LogP contribution in [0.3, 0.4) is 0 Å². The molecule has 0 amide bonds. The molecule has 2 N–H and O–H groups in total. The number of benzene rings is 2. The van der Waals surface area contributed by atoms with E-state index in [2.05, 4.69) is 0 Å². The SMILES string of the molecule is Cc1ccc(Oc2c(F)cc(CCN)cc2F)c(C)c1. The standard InChI is InChI=1S/C16H17F2NO/c1-10-3-4-15(11(2)7-10)20-16-13(17)8-12(5-6-19)9-14(16)18/h3-4,7-9H,5-6,19H2,1-2H3. The highest BCUT2D eigenvalue weighted by molar-refractivity contribution is 5.41. The summed E-state index contributed by atoms with van der Waals surface area (Å²) in [7, 11) is 0. The molecule has 0 bridgehead atoms. The molecule has 0 aliphatic carbocycles. The van der Waals surface area contributed by atoms with Crippen LogP contribution < -0.4 is 10.5 Å². The van der Waals surface area contributed by atoms with Crippen LogP contribution in [0.4, 0.5) is 8.78 Å². The molecule has 0 radical (unpaired) electrons. The van der Waals surface area contributed by atoms with Crippen LogP contribution in [-0.4, -0.2) is 6.54 Å². The normalized spacial score (nSPS) is 10.7. The first-order valence-electron chi connectivity index (χ1n) is 6.44. The Hall–Kier alpha value is -1.94. The minimum Gasteiger partial charge on any atom is -0.451 e. The highest BCUT2D eigenvalue weighted by Crippen LogP contribution is 2.31. The number of rotatable bonds is 4. The topological polar surface area (TPSA) is 35.2 Å². The van der Waals surface area contributed by atoms with E-state index in [1.807, 2.05) is 26.0 Å². The summed E-state index contributed by atoms with van der Waals surface area (Å²) in [5.41, 5.74) is 7.80. The molecule has 2 nitrogen and oxygen atoms in total. The summed E-state index contributed by atoms with van der Waals surface area (Å²) in [4.78, 5) is 0. The van der Waals surface area contributed by atoms with Crippen LogP contribution in [0, 0.1) is 25.5 Å². The second-order valence-corrected chi connectivity index (χ2v) is 4.80. The molecule has 2 aromatic rings. The maximum absolute atomic E-state index is 13.9. The molecule has 2 aromatic carbocycles. The Balaban J connectivity index is 2.33. The van der Waals surface area contributed by atoms with Crippen LogP contribution in [0.25, 0.3) is 0 Å². The summed E-state index contributed by atoms with van der Waals surface area (Å²) in [6.07, 6.45) is 0.428. The lowest BCUT2D eigenvalue weighted by molar-refractivity contribution is 0.404. The van der Waals surface area contributed by atoms with Gasteiger partial charge in [0.05, 0.1) is 0 Å². The molecule has 0 aliphatic heterocycles. The molecule has 0 spiro atoms. The van der Waals surface area contributed by atoms with Gasteiger partial charge >= 0.3 is 0 Å². The third-order valence-electron chi connectivity index (χ3n) is 3.03. The first kappa shape index (κ1) is 14.5. The molecule has 0 fully saturated rings. The van der Waals surface area contributed by atoms with E-state index >= 15 is 0 Å². The monoisotopic (exact) mass is 277 g/mol. The van der Waals surface area contributed by atoms with E-state index in [4.69, 9.17) is 10.5 Å². The summed E-state index contributed by atoms with van der Waals surface area (Å²) in [6, 6.07) is 7.95. The second kappa shape index (κ2) is 6.01. The van der Waals surface area contributed by atoms with Crippen molar-refractivity contribution in [2.75, 3.05) is 6.54 Å². The van der Waals surface area contributed by atoms with Crippen molar-refractivity contribution in [3.05, 3.63) is 58.7 Å². The third kappa shape index (κ3) is 3.14. The van der Waals surface area contributed by atoms with Crippen LogP contribution in [0.1, 0.15) is 16.7 Å². The molecular weight excluding hydrogens is 260 g/mol. The van der Waals surface area contributed by atoms with Gasteiger partial charge < -0.3 is 10.5 Å². The molecule has 2 rings (SSSR count). The van der Waals surface area contributed by atoms with Gasteiger partial charge in [-0.1, -0.05) is 17.7 Å². The average Bonchev–Trinajstić information content (AvgIpc) is 2.36. The van der Waals surface area contributed by atoms with Gasteiger partial charge in [-0.25, -0.2) is 8.78 Å². The molecule has 20 heavy (non-hydrogen) atoms. The summed E-state index contributed by atoms with van der Waals surface area (Å²) in [6.45, 7) is 4.12. The maximum atomic E-state index is 13.9. The van der Waals surface area contributed by atoms with Crippen molar-refractivity contribution in [1.82, 2.24) is 0 Å². The zero-order valence-corrected chi connectivity index (χ0v) is 11.5. The van der Waals surface area contributed by atoms with E-state index in [1.165, 1.54) is 12.1 Å². The van der Waals surface area contributed by atoms with Crippen molar-refractivity contribution in [2.24, 2.45) is 5.73 Å². The van der Waals surface area contributed by atoms with E-state index in [0.29, 0.717) is 24.3 Å². The Labute approximate surface area is 117 Å². The average molecular weight is 277 g/mol. The minimum absolute atomic E-state index is 0.343. The molecule has 106 valence electrons. The fraction of sp³-hybridized carbons (Fsp3) is 0.250. The predicted octanol–water partition coefficient (Wildman–Crippen LogP) is 3.88. The Morgan fingerprint density at radius 2 is 1.70 bits per heavy atom. The molecule has 0 atom stereocenters. The summed E-state index contributed by atoms with van der Waals surface area (Å²) >= 11 is 0. The zero-order chi connectivity index (χ0) is 14.7. The summed E-state index contributed by atoms with van der Waals surface area (Å²) in [5, 5.41) is 0. The van der Waals surface area contributed by atoms with Gasteiger partial charge in [-0.05, 0) is 56.1 Å². The van der Waals surface area contributed by atoms with Crippen LogP contribution in [0.15, 0.2) is 30.3 Å². The van der Waals surface area contributed by atoms with Gasteiger partial charge in [-0.2, -0.15) is 0 Å². The number of ether oxygens (including phenoxy) is 1. The van der Waals surface area contributed by atoms with E-state index in [1.54, 1.807) is 6.07 Å². The van der Waals surface area contributed by atoms with Crippen molar-refractivity contribution in [1.29, 1.82) is 0 Å². The zero-order valence-electron chi connectivity index (χ0n) is 11.5. The lowest BCUT2D eigenvalue weighted by Gasteiger charge is -2.12. The smallest absolute Gasteiger partial charge is 0.198 e. The van der Waals surface area contributed by atoms with Crippen LogP contribution in [0.5, 0.6) is 11.5 Å². The lowest BCUT2D eigenvalue weighted by Crippen LogP contribution is -2.04. The fourth-order valence-corrected chi connectivity index (χ4v) is 2.04. The van der Waals surface area contributed by atoms with Gasteiger partial charge in [0.25, 0.3) is 0 Å². The fourth-order valence-electron chi connectivity index (χ4n) is 2.04. The van der Waals surface area contributed by atoms with Crippen LogP contribution in [-0.2, 0) is 6.42 Å². The first-order valence-corrected chi connectivity index (χ1v) is 6.44. The van der Waals surface area contributed by atoms with Crippen molar-refractivity contribution >= 4 is 0 Å². The number of hydrogen-bond acceptors (Lipinski definition) is 2. The molecule has 0 saturated carbocycles. The molecular formula is C16H17F2NO. The first-order chi connectivity index (χ1) is 9.51. The summed E-state index contributed by atoms with van der Waals surface area (Å²) in [5.74, 6) is -1.36. The molecule has 0 saturated heterocycles. The van der Waals surface area contributed by atoms with Crippen LogP contribution in [0.2, 0.25) is 0 Å². The molecule has 0 unspecified atom stereocenters. The number of nitrogens with two attached hydrogens (primary N) is 1. The van der Waals surface area contributed by atoms with E-state index < -0.39 is 11.6 Å². The number of halogens is 2. The highest BCUT2D eigenvalue weighted by Gasteiger charge is 2.14. The van der Waals surface area contributed by atoms with E-state index in [-0.39, 0.29) is 5.75 Å². The Kier molecular flexibility index (Phi) is 4.35. The van der Waals surface area contributed by atoms with E-state index in [0.717, 1.165) is 11.1 Å². The molecule has 0 aliphatic rings. The predicted molar refractivity (Wildman–Crippen MR) is 75.1 cm³/mol. The minimum atomic E-state index is -0.714. The van der Waals surface area contributed by atoms with Gasteiger partial charge in [0.2, 0.25) is 0 Å². The Morgan fingerprint density at radius 1 is 1.05 bits per heavy atom. The van der Waals surface area contributed by atoms with Gasteiger partial charge in [0.1, 0.15) is 5.75 Å². The lowest BCUT2D eigenvalue weighted by atomic mass is 10.1. The quantitative estimate of drug-likeness (QED) is 0.920. The van der Waals surface area contributed by atoms with Gasteiger partial charge in [-0.3, -0.25) is 0 Å². The molecule has 0 aromatic heterocycles. The maximum Gasteiger partial charge on any atom is 0.198 e. The van der Waals surface area contributed by atoms with Crippen molar-refractivity contribution < 1.29 is 13.5 Å². The largest absolute Gasteiger partial charge is 0.451 e. The molecule has 4 heteroatoms.